The van der Waals surface area contributed by atoms with E-state index in [1.165, 1.54) is 8.61 Å². The summed E-state index contributed by atoms with van der Waals surface area (Å²) in [6, 6.07) is -0.157. The van der Waals surface area contributed by atoms with Crippen LogP contribution in [0.25, 0.3) is 0 Å². The van der Waals surface area contributed by atoms with E-state index in [9.17, 15) is 8.42 Å². The summed E-state index contributed by atoms with van der Waals surface area (Å²) in [4.78, 5) is 0. The van der Waals surface area contributed by atoms with Crippen molar-refractivity contribution < 1.29 is 13.2 Å². The van der Waals surface area contributed by atoms with Gasteiger partial charge in [-0.1, -0.05) is 13.8 Å². The molecule has 0 bridgehead atoms. The predicted octanol–water partition coefficient (Wildman–Crippen LogP) is 0.910. The van der Waals surface area contributed by atoms with E-state index in [1.54, 1.807) is 14.2 Å². The van der Waals surface area contributed by atoms with E-state index in [1.807, 2.05) is 13.8 Å². The van der Waals surface area contributed by atoms with E-state index >= 15 is 0 Å². The van der Waals surface area contributed by atoms with Gasteiger partial charge in [0.05, 0.1) is 6.61 Å². The van der Waals surface area contributed by atoms with E-state index in [4.69, 9.17) is 4.74 Å². The van der Waals surface area contributed by atoms with Gasteiger partial charge in [-0.05, 0) is 32.9 Å². The van der Waals surface area contributed by atoms with Crippen molar-refractivity contribution in [1.29, 1.82) is 0 Å². The minimum absolute atomic E-state index is 0.157. The zero-order valence-electron chi connectivity index (χ0n) is 13.6. The Labute approximate surface area is 124 Å². The van der Waals surface area contributed by atoms with Gasteiger partial charge in [0.15, 0.2) is 0 Å². The molecule has 0 aromatic heterocycles. The zero-order valence-corrected chi connectivity index (χ0v) is 14.4. The Morgan fingerprint density at radius 2 is 1.90 bits per heavy atom. The molecule has 0 radical (unpaired) electrons. The van der Waals surface area contributed by atoms with Crippen molar-refractivity contribution >= 4 is 10.2 Å². The molecule has 7 heteroatoms. The van der Waals surface area contributed by atoms with Crippen molar-refractivity contribution in [2.45, 2.75) is 39.7 Å². The smallest absolute Gasteiger partial charge is 0.282 e. The molecular formula is C13H31N3O3S. The number of nitrogens with one attached hydrogen (secondary N) is 1. The summed E-state index contributed by atoms with van der Waals surface area (Å²) < 4.78 is 32.9. The molecule has 0 saturated heterocycles. The second kappa shape index (κ2) is 10.5. The minimum atomic E-state index is -3.41. The zero-order chi connectivity index (χ0) is 15.6. The van der Waals surface area contributed by atoms with Crippen LogP contribution in [0.1, 0.15) is 33.6 Å². The van der Waals surface area contributed by atoms with Gasteiger partial charge in [0.25, 0.3) is 10.2 Å². The summed E-state index contributed by atoms with van der Waals surface area (Å²) in [5.74, 6) is 0. The second-order valence-corrected chi connectivity index (χ2v) is 6.93. The maximum atomic E-state index is 12.5. The Morgan fingerprint density at radius 3 is 2.40 bits per heavy atom. The molecule has 0 saturated carbocycles. The normalized spacial score (nSPS) is 14.2. The van der Waals surface area contributed by atoms with Gasteiger partial charge in [0.1, 0.15) is 0 Å². The van der Waals surface area contributed by atoms with Crippen LogP contribution in [0, 0.1) is 0 Å². The summed E-state index contributed by atoms with van der Waals surface area (Å²) in [5, 5.41) is 3.27. The fraction of sp³-hybridized carbons (Fsp3) is 1.00. The SMILES string of the molecule is CCCNCCCN(C)S(=O)(=O)N(CC)C(C)COC. The number of hydrogen-bond acceptors (Lipinski definition) is 4. The molecule has 1 N–H and O–H groups in total. The Bertz CT molecular complexity index is 336. The molecule has 0 heterocycles. The summed E-state index contributed by atoms with van der Waals surface area (Å²) >= 11 is 0. The van der Waals surface area contributed by atoms with Crippen LogP contribution in [0.5, 0.6) is 0 Å². The first kappa shape index (κ1) is 19.8. The summed E-state index contributed by atoms with van der Waals surface area (Å²) in [6.07, 6.45) is 1.90. The Kier molecular flexibility index (Phi) is 10.4. The molecule has 0 aliphatic heterocycles. The minimum Gasteiger partial charge on any atom is -0.383 e. The molecule has 0 spiro atoms. The van der Waals surface area contributed by atoms with Gasteiger partial charge >= 0.3 is 0 Å². The Balaban J connectivity index is 4.43. The van der Waals surface area contributed by atoms with Gasteiger partial charge in [0.2, 0.25) is 0 Å². The number of hydrogen-bond donors (Lipinski definition) is 1. The summed E-state index contributed by atoms with van der Waals surface area (Å²) in [6.45, 7) is 9.01. The summed E-state index contributed by atoms with van der Waals surface area (Å²) in [7, 11) is -0.187. The molecule has 0 aliphatic carbocycles. The van der Waals surface area contributed by atoms with Gasteiger partial charge in [-0.2, -0.15) is 17.0 Å². The molecule has 20 heavy (non-hydrogen) atoms. The van der Waals surface area contributed by atoms with Gasteiger partial charge in [0, 0.05) is 33.3 Å². The topological polar surface area (TPSA) is 61.9 Å². The highest BCUT2D eigenvalue weighted by Gasteiger charge is 2.29. The molecule has 0 aliphatic rings. The lowest BCUT2D eigenvalue weighted by atomic mass is 10.4. The van der Waals surface area contributed by atoms with Crippen molar-refractivity contribution in [3.8, 4) is 0 Å². The Morgan fingerprint density at radius 1 is 1.25 bits per heavy atom. The maximum absolute atomic E-state index is 12.5. The molecule has 1 atom stereocenters. The van der Waals surface area contributed by atoms with E-state index in [-0.39, 0.29) is 6.04 Å². The molecule has 0 rings (SSSR count). The van der Waals surface area contributed by atoms with Crippen LogP contribution in [0.2, 0.25) is 0 Å². The quantitative estimate of drug-likeness (QED) is 0.544. The van der Waals surface area contributed by atoms with E-state index in [0.717, 1.165) is 25.9 Å². The molecular weight excluding hydrogens is 278 g/mol. The molecule has 0 aromatic carbocycles. The van der Waals surface area contributed by atoms with Crippen LogP contribution in [0.15, 0.2) is 0 Å². The van der Waals surface area contributed by atoms with Crippen LogP contribution in [0.3, 0.4) is 0 Å². The molecule has 0 amide bonds. The monoisotopic (exact) mass is 309 g/mol. The highest BCUT2D eigenvalue weighted by Crippen LogP contribution is 2.11. The highest BCUT2D eigenvalue weighted by molar-refractivity contribution is 7.86. The lowest BCUT2D eigenvalue weighted by Gasteiger charge is -2.30. The third kappa shape index (κ3) is 6.49. The van der Waals surface area contributed by atoms with E-state index in [0.29, 0.717) is 19.7 Å². The fourth-order valence-corrected chi connectivity index (χ4v) is 3.61. The Hall–Kier alpha value is -0.210. The molecule has 0 fully saturated rings. The van der Waals surface area contributed by atoms with Crippen molar-refractivity contribution in [2.24, 2.45) is 0 Å². The largest absolute Gasteiger partial charge is 0.383 e. The first-order chi connectivity index (χ1) is 9.41. The van der Waals surface area contributed by atoms with Gasteiger partial charge < -0.3 is 10.1 Å². The highest BCUT2D eigenvalue weighted by atomic mass is 32.2. The molecule has 122 valence electrons. The third-order valence-corrected chi connectivity index (χ3v) is 5.34. The van der Waals surface area contributed by atoms with Crippen LogP contribution < -0.4 is 5.32 Å². The number of nitrogens with zero attached hydrogens (tertiary/aromatic N) is 2. The van der Waals surface area contributed by atoms with Crippen LogP contribution >= 0.6 is 0 Å². The van der Waals surface area contributed by atoms with Crippen molar-refractivity contribution in [3.63, 3.8) is 0 Å². The molecule has 1 unspecified atom stereocenters. The van der Waals surface area contributed by atoms with Crippen molar-refractivity contribution in [1.82, 2.24) is 13.9 Å². The van der Waals surface area contributed by atoms with Crippen LogP contribution in [0.4, 0.5) is 0 Å². The van der Waals surface area contributed by atoms with Gasteiger partial charge in [-0.3, -0.25) is 0 Å². The number of methoxy groups -OCH3 is 1. The first-order valence-electron chi connectivity index (χ1n) is 7.34. The van der Waals surface area contributed by atoms with E-state index in [2.05, 4.69) is 12.2 Å². The number of ether oxygens (including phenoxy) is 1. The predicted molar refractivity (Wildman–Crippen MR) is 83.0 cm³/mol. The average molecular weight is 309 g/mol. The third-order valence-electron chi connectivity index (χ3n) is 3.15. The maximum Gasteiger partial charge on any atom is 0.282 e. The van der Waals surface area contributed by atoms with Gasteiger partial charge in [-0.25, -0.2) is 0 Å². The lowest BCUT2D eigenvalue weighted by Crippen LogP contribution is -2.48. The van der Waals surface area contributed by atoms with Crippen molar-refractivity contribution in [2.75, 3.05) is 46.9 Å². The molecule has 6 nitrogen and oxygen atoms in total. The van der Waals surface area contributed by atoms with Crippen LogP contribution in [-0.4, -0.2) is 70.0 Å². The second-order valence-electron chi connectivity index (χ2n) is 4.94. The van der Waals surface area contributed by atoms with E-state index < -0.39 is 10.2 Å². The number of rotatable bonds is 12. The number of likely N-dealkylation sites (N-methyl/N-ethyl adjacent to an activating group) is 1. The fourth-order valence-electron chi connectivity index (χ4n) is 2.05. The first-order valence-corrected chi connectivity index (χ1v) is 8.74. The molecule has 0 aromatic rings. The average Bonchev–Trinajstić information content (AvgIpc) is 2.39. The van der Waals surface area contributed by atoms with Crippen molar-refractivity contribution in [3.05, 3.63) is 0 Å². The van der Waals surface area contributed by atoms with Crippen LogP contribution in [-0.2, 0) is 14.9 Å². The van der Waals surface area contributed by atoms with Gasteiger partial charge in [-0.15, -0.1) is 0 Å². The standard InChI is InChI=1S/C13H31N3O3S/c1-6-9-14-10-8-11-15(4)20(17,18)16(7-2)13(3)12-19-5/h13-14H,6-12H2,1-5H3. The summed E-state index contributed by atoms with van der Waals surface area (Å²) in [5.41, 5.74) is 0. The lowest BCUT2D eigenvalue weighted by molar-refractivity contribution is 0.139.